The number of non-ortho nitro benzene ring substituents is 1. The number of amides is 1. The molecule has 1 aliphatic rings. The molecule has 148 valence electrons. The van der Waals surface area contributed by atoms with E-state index < -0.39 is 4.92 Å². The summed E-state index contributed by atoms with van der Waals surface area (Å²) in [5.41, 5.74) is 2.52. The zero-order valence-corrected chi connectivity index (χ0v) is 15.7. The molecule has 2 heterocycles. The number of benzene rings is 2. The van der Waals surface area contributed by atoms with Gasteiger partial charge in [0.2, 0.25) is 0 Å². The van der Waals surface area contributed by atoms with Gasteiger partial charge in [-0.3, -0.25) is 14.9 Å². The van der Waals surface area contributed by atoms with E-state index in [9.17, 15) is 14.9 Å². The van der Waals surface area contributed by atoms with E-state index in [0.29, 0.717) is 23.5 Å². The maximum absolute atomic E-state index is 12.9. The Balaban J connectivity index is 1.68. The molecular weight excluding hydrogens is 372 g/mol. The number of hydrogen-bond acceptors (Lipinski definition) is 5. The summed E-state index contributed by atoms with van der Waals surface area (Å²) in [7, 11) is 0. The molecule has 1 aliphatic heterocycles. The lowest BCUT2D eigenvalue weighted by Gasteiger charge is -2.12. The number of nitro benzene ring substituents is 1. The topological polar surface area (TPSA) is 99.3 Å². The van der Waals surface area contributed by atoms with E-state index in [1.54, 1.807) is 16.8 Å². The van der Waals surface area contributed by atoms with Crippen LogP contribution in [0.15, 0.2) is 60.8 Å². The van der Waals surface area contributed by atoms with Crippen molar-refractivity contribution in [3.63, 3.8) is 0 Å². The Labute approximate surface area is 167 Å². The van der Waals surface area contributed by atoms with Crippen LogP contribution in [0.2, 0.25) is 0 Å². The minimum atomic E-state index is -0.449. The van der Waals surface area contributed by atoms with Crippen LogP contribution in [0.4, 0.5) is 5.69 Å². The SMILES string of the molecule is O=C(NCC1CCCO1)c1cnn(-c2ccc([N+](=O)[O-])cc2)c1-c1ccccc1. The maximum atomic E-state index is 12.9. The molecule has 1 fully saturated rings. The average Bonchev–Trinajstić information content (AvgIpc) is 3.42. The molecule has 0 bridgehead atoms. The van der Waals surface area contributed by atoms with Gasteiger partial charge in [-0.15, -0.1) is 0 Å². The summed E-state index contributed by atoms with van der Waals surface area (Å²) in [6, 6.07) is 15.5. The molecule has 0 aliphatic carbocycles. The highest BCUT2D eigenvalue weighted by atomic mass is 16.6. The fourth-order valence-corrected chi connectivity index (χ4v) is 3.41. The lowest BCUT2D eigenvalue weighted by atomic mass is 10.1. The van der Waals surface area contributed by atoms with Gasteiger partial charge in [-0.25, -0.2) is 4.68 Å². The van der Waals surface area contributed by atoms with Crippen LogP contribution in [-0.4, -0.2) is 39.9 Å². The van der Waals surface area contributed by atoms with Crippen molar-refractivity contribution in [3.05, 3.63) is 76.5 Å². The standard InChI is InChI=1S/C21H20N4O4/c26-21(22-13-18-7-4-12-29-18)19-14-23-24(20(19)15-5-2-1-3-6-15)16-8-10-17(11-9-16)25(27)28/h1-3,5-6,8-11,14,18H,4,7,12-13H2,(H,22,26). The first kappa shape index (κ1) is 18.8. The van der Waals surface area contributed by atoms with Crippen molar-refractivity contribution in [2.24, 2.45) is 0 Å². The molecule has 1 saturated heterocycles. The summed E-state index contributed by atoms with van der Waals surface area (Å²) in [6.45, 7) is 1.18. The largest absolute Gasteiger partial charge is 0.376 e. The van der Waals surface area contributed by atoms with Gasteiger partial charge in [-0.1, -0.05) is 30.3 Å². The van der Waals surface area contributed by atoms with E-state index in [1.165, 1.54) is 18.3 Å². The molecule has 4 rings (SSSR count). The second kappa shape index (κ2) is 8.24. The number of nitrogens with one attached hydrogen (secondary N) is 1. The number of hydrogen-bond donors (Lipinski definition) is 1. The highest BCUT2D eigenvalue weighted by Gasteiger charge is 2.22. The van der Waals surface area contributed by atoms with Crippen LogP contribution in [0.3, 0.4) is 0 Å². The van der Waals surface area contributed by atoms with Crippen LogP contribution < -0.4 is 5.32 Å². The molecular formula is C21H20N4O4. The van der Waals surface area contributed by atoms with Gasteiger partial charge >= 0.3 is 0 Å². The maximum Gasteiger partial charge on any atom is 0.269 e. The number of ether oxygens (including phenoxy) is 1. The van der Waals surface area contributed by atoms with Gasteiger partial charge in [0.25, 0.3) is 11.6 Å². The van der Waals surface area contributed by atoms with Crippen LogP contribution in [0.25, 0.3) is 16.9 Å². The Bertz CT molecular complexity index is 1010. The molecule has 0 radical (unpaired) electrons. The van der Waals surface area contributed by atoms with Crippen molar-refractivity contribution in [3.8, 4) is 16.9 Å². The molecule has 1 amide bonds. The third kappa shape index (κ3) is 4.02. The van der Waals surface area contributed by atoms with E-state index in [4.69, 9.17) is 4.74 Å². The Morgan fingerprint density at radius 1 is 1.21 bits per heavy atom. The Morgan fingerprint density at radius 2 is 1.97 bits per heavy atom. The van der Waals surface area contributed by atoms with Gasteiger partial charge in [0, 0.05) is 30.8 Å². The molecule has 2 aromatic carbocycles. The fourth-order valence-electron chi connectivity index (χ4n) is 3.41. The minimum Gasteiger partial charge on any atom is -0.376 e. The van der Waals surface area contributed by atoms with E-state index in [1.807, 2.05) is 30.3 Å². The lowest BCUT2D eigenvalue weighted by molar-refractivity contribution is -0.384. The third-order valence-electron chi connectivity index (χ3n) is 4.88. The van der Waals surface area contributed by atoms with E-state index >= 15 is 0 Å². The van der Waals surface area contributed by atoms with Gasteiger partial charge in [-0.2, -0.15) is 5.10 Å². The molecule has 0 saturated carbocycles. The number of carbonyl (C=O) groups excluding carboxylic acids is 1. The molecule has 0 spiro atoms. The quantitative estimate of drug-likeness (QED) is 0.512. The van der Waals surface area contributed by atoms with Crippen molar-refractivity contribution in [2.75, 3.05) is 13.2 Å². The van der Waals surface area contributed by atoms with Crippen LogP contribution in [0.1, 0.15) is 23.2 Å². The molecule has 1 unspecified atom stereocenters. The van der Waals surface area contributed by atoms with Gasteiger partial charge in [0.15, 0.2) is 0 Å². The van der Waals surface area contributed by atoms with Crippen LogP contribution in [0.5, 0.6) is 0 Å². The molecule has 8 heteroatoms. The second-order valence-corrected chi connectivity index (χ2v) is 6.80. The second-order valence-electron chi connectivity index (χ2n) is 6.80. The molecule has 29 heavy (non-hydrogen) atoms. The first-order chi connectivity index (χ1) is 14.1. The van der Waals surface area contributed by atoms with Crippen LogP contribution >= 0.6 is 0 Å². The molecule has 8 nitrogen and oxygen atoms in total. The first-order valence-corrected chi connectivity index (χ1v) is 9.41. The number of nitrogens with zero attached hydrogens (tertiary/aromatic N) is 3. The minimum absolute atomic E-state index is 0.00306. The molecule has 1 N–H and O–H groups in total. The number of carbonyl (C=O) groups is 1. The predicted octanol–water partition coefficient (Wildman–Crippen LogP) is 3.36. The van der Waals surface area contributed by atoms with Gasteiger partial charge < -0.3 is 10.1 Å². The average molecular weight is 392 g/mol. The summed E-state index contributed by atoms with van der Waals surface area (Å²) < 4.78 is 7.19. The zero-order valence-electron chi connectivity index (χ0n) is 15.7. The highest BCUT2D eigenvalue weighted by Crippen LogP contribution is 2.27. The zero-order chi connectivity index (χ0) is 20.2. The Hall–Kier alpha value is -3.52. The van der Waals surface area contributed by atoms with E-state index in [-0.39, 0.29) is 17.7 Å². The normalized spacial score (nSPS) is 15.9. The van der Waals surface area contributed by atoms with Crippen molar-refractivity contribution < 1.29 is 14.5 Å². The predicted molar refractivity (Wildman–Crippen MR) is 107 cm³/mol. The molecule has 3 aromatic rings. The molecule has 1 aromatic heterocycles. The van der Waals surface area contributed by atoms with E-state index in [0.717, 1.165) is 25.0 Å². The number of nitro groups is 1. The Morgan fingerprint density at radius 3 is 2.62 bits per heavy atom. The summed E-state index contributed by atoms with van der Waals surface area (Å²) in [5, 5.41) is 18.3. The van der Waals surface area contributed by atoms with Crippen LogP contribution in [-0.2, 0) is 4.74 Å². The van der Waals surface area contributed by atoms with Crippen LogP contribution in [0, 0.1) is 10.1 Å². The lowest BCUT2D eigenvalue weighted by Crippen LogP contribution is -2.31. The smallest absolute Gasteiger partial charge is 0.269 e. The monoisotopic (exact) mass is 392 g/mol. The fraction of sp³-hybridized carbons (Fsp3) is 0.238. The molecule has 1 atom stereocenters. The third-order valence-corrected chi connectivity index (χ3v) is 4.88. The van der Waals surface area contributed by atoms with E-state index in [2.05, 4.69) is 10.4 Å². The Kier molecular flexibility index (Phi) is 5.35. The van der Waals surface area contributed by atoms with Crippen molar-refractivity contribution in [1.29, 1.82) is 0 Å². The van der Waals surface area contributed by atoms with Gasteiger partial charge in [0.05, 0.1) is 34.2 Å². The number of aromatic nitrogens is 2. The van der Waals surface area contributed by atoms with Gasteiger partial charge in [-0.05, 0) is 25.0 Å². The summed E-state index contributed by atoms with van der Waals surface area (Å²) >= 11 is 0. The van der Waals surface area contributed by atoms with Crippen molar-refractivity contribution in [2.45, 2.75) is 18.9 Å². The van der Waals surface area contributed by atoms with Crippen molar-refractivity contribution in [1.82, 2.24) is 15.1 Å². The van der Waals surface area contributed by atoms with Crippen molar-refractivity contribution >= 4 is 11.6 Å². The van der Waals surface area contributed by atoms with Gasteiger partial charge in [0.1, 0.15) is 0 Å². The summed E-state index contributed by atoms with van der Waals surface area (Å²) in [5.74, 6) is -0.229. The first-order valence-electron chi connectivity index (χ1n) is 9.41. The highest BCUT2D eigenvalue weighted by molar-refractivity contribution is 6.00. The number of rotatable bonds is 6. The summed E-state index contributed by atoms with van der Waals surface area (Å²) in [6.07, 6.45) is 3.51. The summed E-state index contributed by atoms with van der Waals surface area (Å²) in [4.78, 5) is 23.4.